The van der Waals surface area contributed by atoms with Crippen LogP contribution < -0.4 is 14.8 Å². The predicted molar refractivity (Wildman–Crippen MR) is 100 cm³/mol. The molecule has 1 aliphatic heterocycles. The van der Waals surface area contributed by atoms with E-state index >= 15 is 0 Å². The Labute approximate surface area is 157 Å². The molecule has 2 aromatic carbocycles. The summed E-state index contributed by atoms with van der Waals surface area (Å²) in [5.74, 6) is 1.15. The van der Waals surface area contributed by atoms with Gasteiger partial charge in [0.15, 0.2) is 0 Å². The van der Waals surface area contributed by atoms with Gasteiger partial charge in [0.25, 0.3) is 11.6 Å². The maximum atomic E-state index is 12.6. The zero-order chi connectivity index (χ0) is 19.6. The number of ether oxygens (including phenoxy) is 2. The molecule has 27 heavy (non-hydrogen) atoms. The molecule has 3 rings (SSSR count). The summed E-state index contributed by atoms with van der Waals surface area (Å²) in [6.45, 7) is 6.23. The second-order valence-electron chi connectivity index (χ2n) is 6.52. The fourth-order valence-corrected chi connectivity index (χ4v) is 3.25. The van der Waals surface area contributed by atoms with Gasteiger partial charge in [-0.15, -0.1) is 0 Å². The second-order valence-corrected chi connectivity index (χ2v) is 6.52. The van der Waals surface area contributed by atoms with Gasteiger partial charge in [0.05, 0.1) is 11.5 Å². The average Bonchev–Trinajstić information content (AvgIpc) is 2.98. The smallest absolute Gasteiger partial charge is 0.273 e. The number of nitrogens with one attached hydrogen (secondary N) is 1. The number of benzene rings is 2. The molecule has 7 heteroatoms. The Kier molecular flexibility index (Phi) is 5.30. The van der Waals surface area contributed by atoms with Crippen LogP contribution in [0.25, 0.3) is 0 Å². The highest BCUT2D eigenvalue weighted by Crippen LogP contribution is 2.35. The number of nitro benzene ring substituents is 1. The highest BCUT2D eigenvalue weighted by atomic mass is 16.6. The fourth-order valence-electron chi connectivity index (χ4n) is 3.25. The summed E-state index contributed by atoms with van der Waals surface area (Å²) in [6.07, 6.45) is 0.946. The van der Waals surface area contributed by atoms with Crippen molar-refractivity contribution in [2.45, 2.75) is 39.8 Å². The standard InChI is InChI=1S/C20H22N2O5/c1-4-26-18-9-14-8-12(2)27-19(14)10-15(18)11-21-20(23)16-6-5-7-17(13(16)3)22(24)25/h5-7,9-10,12H,4,8,11H2,1-3H3,(H,21,23)/t12-/m1/s1. The van der Waals surface area contributed by atoms with Crippen LogP contribution in [0.5, 0.6) is 11.5 Å². The summed E-state index contributed by atoms with van der Waals surface area (Å²) in [5, 5.41) is 13.9. The minimum atomic E-state index is -0.488. The number of nitro groups is 1. The lowest BCUT2D eigenvalue weighted by atomic mass is 10.0. The van der Waals surface area contributed by atoms with Gasteiger partial charge in [-0.3, -0.25) is 14.9 Å². The normalized spacial score (nSPS) is 15.0. The van der Waals surface area contributed by atoms with E-state index in [1.807, 2.05) is 26.0 Å². The first-order valence-electron chi connectivity index (χ1n) is 8.88. The zero-order valence-electron chi connectivity index (χ0n) is 15.6. The largest absolute Gasteiger partial charge is 0.494 e. The molecule has 0 spiro atoms. The van der Waals surface area contributed by atoms with Crippen LogP contribution >= 0.6 is 0 Å². The minimum absolute atomic E-state index is 0.0717. The second kappa shape index (κ2) is 7.65. The van der Waals surface area contributed by atoms with Crippen LogP contribution in [0.15, 0.2) is 30.3 Å². The summed E-state index contributed by atoms with van der Waals surface area (Å²) in [5.41, 5.74) is 2.46. The van der Waals surface area contributed by atoms with Crippen molar-refractivity contribution < 1.29 is 19.2 Å². The van der Waals surface area contributed by atoms with Gasteiger partial charge in [-0.2, -0.15) is 0 Å². The first kappa shape index (κ1) is 18.7. The molecule has 0 unspecified atom stereocenters. The third kappa shape index (κ3) is 3.86. The lowest BCUT2D eigenvalue weighted by Crippen LogP contribution is -2.24. The van der Waals surface area contributed by atoms with Crippen molar-refractivity contribution in [2.24, 2.45) is 0 Å². The van der Waals surface area contributed by atoms with E-state index in [4.69, 9.17) is 9.47 Å². The molecular weight excluding hydrogens is 348 g/mol. The molecule has 0 aliphatic carbocycles. The van der Waals surface area contributed by atoms with Crippen LogP contribution in [0.3, 0.4) is 0 Å². The van der Waals surface area contributed by atoms with Crippen molar-refractivity contribution in [1.29, 1.82) is 0 Å². The fraction of sp³-hybridized carbons (Fsp3) is 0.350. The molecular formula is C20H22N2O5. The maximum absolute atomic E-state index is 12.6. The van der Waals surface area contributed by atoms with Crippen LogP contribution in [0.4, 0.5) is 5.69 Å². The highest BCUT2D eigenvalue weighted by Gasteiger charge is 2.23. The van der Waals surface area contributed by atoms with Crippen molar-refractivity contribution in [2.75, 3.05) is 6.61 Å². The van der Waals surface area contributed by atoms with Crippen molar-refractivity contribution >= 4 is 11.6 Å². The Morgan fingerprint density at radius 1 is 1.41 bits per heavy atom. The quantitative estimate of drug-likeness (QED) is 0.620. The lowest BCUT2D eigenvalue weighted by Gasteiger charge is -2.14. The molecule has 1 amide bonds. The van der Waals surface area contributed by atoms with Gasteiger partial charge in [0.2, 0.25) is 0 Å². The van der Waals surface area contributed by atoms with Crippen LogP contribution in [-0.4, -0.2) is 23.5 Å². The maximum Gasteiger partial charge on any atom is 0.273 e. The summed E-state index contributed by atoms with van der Waals surface area (Å²) in [7, 11) is 0. The van der Waals surface area contributed by atoms with E-state index in [9.17, 15) is 14.9 Å². The van der Waals surface area contributed by atoms with Gasteiger partial charge in [-0.25, -0.2) is 0 Å². The van der Waals surface area contributed by atoms with E-state index in [1.54, 1.807) is 13.0 Å². The molecule has 1 aliphatic rings. The monoisotopic (exact) mass is 370 g/mol. The van der Waals surface area contributed by atoms with Crippen molar-refractivity contribution in [1.82, 2.24) is 5.32 Å². The molecule has 142 valence electrons. The van der Waals surface area contributed by atoms with Crippen molar-refractivity contribution in [3.63, 3.8) is 0 Å². The molecule has 1 atom stereocenters. The summed E-state index contributed by atoms with van der Waals surface area (Å²) in [4.78, 5) is 23.1. The predicted octanol–water partition coefficient (Wildman–Crippen LogP) is 3.56. The van der Waals surface area contributed by atoms with Crippen LogP contribution in [0, 0.1) is 17.0 Å². The number of carbonyl (C=O) groups excluding carboxylic acids is 1. The van der Waals surface area contributed by atoms with Gasteiger partial charge in [-0.05, 0) is 39.0 Å². The van der Waals surface area contributed by atoms with E-state index < -0.39 is 4.92 Å². The van der Waals surface area contributed by atoms with Crippen LogP contribution in [0.2, 0.25) is 0 Å². The number of fused-ring (bicyclic) bond motifs is 1. The number of nitrogens with zero attached hydrogens (tertiary/aromatic N) is 1. The molecule has 0 aromatic heterocycles. The summed E-state index contributed by atoms with van der Waals surface area (Å²) in [6, 6.07) is 8.33. The van der Waals surface area contributed by atoms with Gasteiger partial charge < -0.3 is 14.8 Å². The summed E-state index contributed by atoms with van der Waals surface area (Å²) < 4.78 is 11.5. The first-order chi connectivity index (χ1) is 12.9. The van der Waals surface area contributed by atoms with E-state index in [-0.39, 0.29) is 29.8 Å². The third-order valence-electron chi connectivity index (χ3n) is 4.56. The SMILES string of the molecule is CCOc1cc2c(cc1CNC(=O)c1cccc([N+](=O)[O-])c1C)O[C@H](C)C2. The Bertz CT molecular complexity index is 894. The van der Waals surface area contributed by atoms with Crippen molar-refractivity contribution in [3.8, 4) is 11.5 Å². The Morgan fingerprint density at radius 3 is 2.89 bits per heavy atom. The third-order valence-corrected chi connectivity index (χ3v) is 4.56. The molecule has 0 saturated heterocycles. The number of rotatable bonds is 6. The van der Waals surface area contributed by atoms with E-state index in [0.29, 0.717) is 17.9 Å². The number of amides is 1. The molecule has 2 aromatic rings. The van der Waals surface area contributed by atoms with Crippen LogP contribution in [0.1, 0.15) is 40.9 Å². The van der Waals surface area contributed by atoms with E-state index in [1.165, 1.54) is 12.1 Å². The Morgan fingerprint density at radius 2 is 2.19 bits per heavy atom. The molecule has 0 saturated carbocycles. The van der Waals surface area contributed by atoms with E-state index in [2.05, 4.69) is 5.32 Å². The lowest BCUT2D eigenvalue weighted by molar-refractivity contribution is -0.385. The molecule has 0 fully saturated rings. The average molecular weight is 370 g/mol. The highest BCUT2D eigenvalue weighted by molar-refractivity contribution is 5.96. The summed E-state index contributed by atoms with van der Waals surface area (Å²) >= 11 is 0. The minimum Gasteiger partial charge on any atom is -0.494 e. The van der Waals surface area contributed by atoms with Crippen molar-refractivity contribution in [3.05, 3.63) is 62.7 Å². The Hall–Kier alpha value is -3.09. The number of hydrogen-bond acceptors (Lipinski definition) is 5. The molecule has 1 N–H and O–H groups in total. The number of hydrogen-bond donors (Lipinski definition) is 1. The molecule has 0 bridgehead atoms. The number of carbonyl (C=O) groups is 1. The first-order valence-corrected chi connectivity index (χ1v) is 8.88. The van der Waals surface area contributed by atoms with E-state index in [0.717, 1.165) is 23.3 Å². The van der Waals surface area contributed by atoms with Gasteiger partial charge >= 0.3 is 0 Å². The Balaban J connectivity index is 1.81. The molecule has 0 radical (unpaired) electrons. The van der Waals surface area contributed by atoms with Gasteiger partial charge in [-0.1, -0.05) is 6.07 Å². The zero-order valence-corrected chi connectivity index (χ0v) is 15.6. The van der Waals surface area contributed by atoms with Gasteiger partial charge in [0, 0.05) is 41.3 Å². The topological polar surface area (TPSA) is 90.7 Å². The molecule has 7 nitrogen and oxygen atoms in total. The molecule has 1 heterocycles. The van der Waals surface area contributed by atoms with Crippen LogP contribution in [-0.2, 0) is 13.0 Å². The van der Waals surface area contributed by atoms with Gasteiger partial charge in [0.1, 0.15) is 17.6 Å².